The van der Waals surface area contributed by atoms with E-state index < -0.39 is 12.0 Å². The highest BCUT2D eigenvalue weighted by Gasteiger charge is 2.33. The van der Waals surface area contributed by atoms with Gasteiger partial charge in [0, 0.05) is 11.6 Å². The van der Waals surface area contributed by atoms with Crippen LogP contribution >= 0.6 is 11.3 Å². The molecule has 0 spiro atoms. The number of allylic oxidation sites excluding steroid dienone is 1. The lowest BCUT2D eigenvalue weighted by atomic mass is 9.96. The number of hydrogen-bond donors (Lipinski definition) is 0. The fraction of sp³-hybridized carbons (Fsp3) is 0.179. The van der Waals surface area contributed by atoms with Gasteiger partial charge in [-0.05, 0) is 67.9 Å². The van der Waals surface area contributed by atoms with Crippen molar-refractivity contribution in [1.29, 1.82) is 0 Å². The predicted octanol–water partition coefficient (Wildman–Crippen LogP) is 4.21. The fourth-order valence-corrected chi connectivity index (χ4v) is 5.25. The standard InChI is InChI=1S/C28H23FN2O5S/c1-4-35-27(33)24-16(2)30-28-31(25(24)18-7-11-20(34-3)12-8-18)26(32)23(37-28)15-21-13-14-22(36-21)17-5-9-19(29)10-6-17/h5-15,25H,4H2,1-3H3/b23-15-/t25-/m1/s1. The Kier molecular flexibility index (Phi) is 6.62. The summed E-state index contributed by atoms with van der Waals surface area (Å²) in [5.74, 6) is 0.821. The SMILES string of the molecule is CCOC(=O)C1=C(C)N=c2s/c(=C\c3ccc(-c4ccc(F)cc4)o3)c(=O)n2[C@@H]1c1ccc(OC)cc1. The first kappa shape index (κ1) is 24.5. The molecule has 4 aromatic rings. The quantitative estimate of drug-likeness (QED) is 0.357. The van der Waals surface area contributed by atoms with E-state index >= 15 is 0 Å². The van der Waals surface area contributed by atoms with E-state index in [1.807, 2.05) is 12.1 Å². The van der Waals surface area contributed by atoms with Gasteiger partial charge in [0.25, 0.3) is 5.56 Å². The van der Waals surface area contributed by atoms with Crippen LogP contribution in [0.25, 0.3) is 17.4 Å². The Morgan fingerprint density at radius 2 is 1.86 bits per heavy atom. The number of hydrogen-bond acceptors (Lipinski definition) is 7. The van der Waals surface area contributed by atoms with Crippen LogP contribution in [0.2, 0.25) is 0 Å². The molecule has 37 heavy (non-hydrogen) atoms. The molecule has 7 nitrogen and oxygen atoms in total. The predicted molar refractivity (Wildman–Crippen MR) is 137 cm³/mol. The van der Waals surface area contributed by atoms with E-state index in [0.717, 1.165) is 11.1 Å². The number of nitrogens with zero attached hydrogens (tertiary/aromatic N) is 2. The van der Waals surface area contributed by atoms with Crippen LogP contribution in [-0.2, 0) is 9.53 Å². The molecule has 188 valence electrons. The summed E-state index contributed by atoms with van der Waals surface area (Å²) in [5, 5.41) is 0. The van der Waals surface area contributed by atoms with Crippen LogP contribution in [0, 0.1) is 5.82 Å². The van der Waals surface area contributed by atoms with Gasteiger partial charge in [0.2, 0.25) is 0 Å². The van der Waals surface area contributed by atoms with Gasteiger partial charge >= 0.3 is 5.97 Å². The highest BCUT2D eigenvalue weighted by molar-refractivity contribution is 7.07. The largest absolute Gasteiger partial charge is 0.497 e. The molecule has 9 heteroatoms. The van der Waals surface area contributed by atoms with Crippen LogP contribution in [-0.4, -0.2) is 24.3 Å². The molecule has 0 saturated heterocycles. The molecule has 0 N–H and O–H groups in total. The zero-order chi connectivity index (χ0) is 26.1. The third-order valence-electron chi connectivity index (χ3n) is 5.98. The Morgan fingerprint density at radius 1 is 1.14 bits per heavy atom. The topological polar surface area (TPSA) is 83.0 Å². The van der Waals surface area contributed by atoms with Gasteiger partial charge in [0.15, 0.2) is 4.80 Å². The number of furan rings is 1. The zero-order valence-corrected chi connectivity index (χ0v) is 21.2. The summed E-state index contributed by atoms with van der Waals surface area (Å²) in [7, 11) is 1.57. The van der Waals surface area contributed by atoms with E-state index in [0.29, 0.717) is 37.9 Å². The van der Waals surface area contributed by atoms with Crippen molar-refractivity contribution in [1.82, 2.24) is 4.57 Å². The monoisotopic (exact) mass is 518 g/mol. The van der Waals surface area contributed by atoms with Crippen LogP contribution in [0.1, 0.15) is 31.2 Å². The number of halogens is 1. The third kappa shape index (κ3) is 4.65. The highest BCUT2D eigenvalue weighted by atomic mass is 32.1. The van der Waals surface area contributed by atoms with Crippen molar-refractivity contribution in [2.75, 3.05) is 13.7 Å². The van der Waals surface area contributed by atoms with E-state index in [2.05, 4.69) is 4.99 Å². The summed E-state index contributed by atoms with van der Waals surface area (Å²) in [6, 6.07) is 16.0. The van der Waals surface area contributed by atoms with E-state index in [1.165, 1.54) is 28.0 Å². The van der Waals surface area contributed by atoms with Gasteiger partial charge in [0.1, 0.15) is 23.1 Å². The molecular weight excluding hydrogens is 495 g/mol. The van der Waals surface area contributed by atoms with Crippen LogP contribution in [0.15, 0.2) is 86.1 Å². The Bertz CT molecular complexity index is 1680. The molecule has 0 radical (unpaired) electrons. The van der Waals surface area contributed by atoms with Gasteiger partial charge in [-0.15, -0.1) is 0 Å². The van der Waals surface area contributed by atoms with E-state index in [9.17, 15) is 14.0 Å². The number of carbonyl (C=O) groups is 1. The number of benzene rings is 2. The molecule has 0 unspecified atom stereocenters. The van der Waals surface area contributed by atoms with Crippen molar-refractivity contribution in [2.24, 2.45) is 4.99 Å². The first-order chi connectivity index (χ1) is 17.9. The molecule has 0 bridgehead atoms. The normalized spacial score (nSPS) is 15.4. The lowest BCUT2D eigenvalue weighted by molar-refractivity contribution is -0.139. The molecule has 0 saturated carbocycles. The van der Waals surface area contributed by atoms with Crippen molar-refractivity contribution < 1.29 is 23.1 Å². The van der Waals surface area contributed by atoms with Gasteiger partial charge in [-0.2, -0.15) is 0 Å². The molecule has 5 rings (SSSR count). The number of fused-ring (bicyclic) bond motifs is 1. The zero-order valence-electron chi connectivity index (χ0n) is 20.4. The molecule has 3 heterocycles. The second-order valence-electron chi connectivity index (χ2n) is 8.28. The third-order valence-corrected chi connectivity index (χ3v) is 6.96. The summed E-state index contributed by atoms with van der Waals surface area (Å²) in [5.41, 5.74) is 1.93. The number of carbonyl (C=O) groups excluding carboxylic acids is 1. The maximum Gasteiger partial charge on any atom is 0.338 e. The fourth-order valence-electron chi connectivity index (χ4n) is 4.22. The maximum atomic E-state index is 13.7. The molecule has 0 aliphatic carbocycles. The Balaban J connectivity index is 1.62. The van der Waals surface area contributed by atoms with Gasteiger partial charge in [0.05, 0.1) is 35.6 Å². The second-order valence-corrected chi connectivity index (χ2v) is 9.29. The van der Waals surface area contributed by atoms with Gasteiger partial charge in [-0.3, -0.25) is 9.36 Å². The second kappa shape index (κ2) is 10.0. The maximum absolute atomic E-state index is 13.7. The minimum absolute atomic E-state index is 0.199. The van der Waals surface area contributed by atoms with Crippen molar-refractivity contribution in [3.63, 3.8) is 0 Å². The van der Waals surface area contributed by atoms with Crippen molar-refractivity contribution in [3.8, 4) is 17.1 Å². The molecule has 2 aromatic heterocycles. The number of esters is 1. The molecule has 0 amide bonds. The summed E-state index contributed by atoms with van der Waals surface area (Å²) < 4.78 is 31.7. The summed E-state index contributed by atoms with van der Waals surface area (Å²) >= 11 is 1.21. The van der Waals surface area contributed by atoms with Crippen LogP contribution < -0.4 is 19.6 Å². The van der Waals surface area contributed by atoms with Crippen molar-refractivity contribution in [2.45, 2.75) is 19.9 Å². The van der Waals surface area contributed by atoms with Crippen LogP contribution in [0.5, 0.6) is 5.75 Å². The van der Waals surface area contributed by atoms with Gasteiger partial charge < -0.3 is 13.9 Å². The molecule has 1 aliphatic rings. The molecule has 1 aliphatic heterocycles. The minimum atomic E-state index is -0.713. The van der Waals surface area contributed by atoms with Crippen molar-refractivity contribution in [3.05, 3.63) is 109 Å². The lowest BCUT2D eigenvalue weighted by Crippen LogP contribution is -2.39. The van der Waals surface area contributed by atoms with E-state index in [-0.39, 0.29) is 18.0 Å². The first-order valence-corrected chi connectivity index (χ1v) is 12.4. The summed E-state index contributed by atoms with van der Waals surface area (Å²) in [4.78, 5) is 31.7. The number of rotatable bonds is 6. The lowest BCUT2D eigenvalue weighted by Gasteiger charge is -2.24. The smallest absolute Gasteiger partial charge is 0.338 e. The van der Waals surface area contributed by atoms with E-state index in [4.69, 9.17) is 13.9 Å². The molecule has 0 fully saturated rings. The van der Waals surface area contributed by atoms with Gasteiger partial charge in [-0.1, -0.05) is 23.5 Å². The van der Waals surface area contributed by atoms with Crippen molar-refractivity contribution >= 4 is 23.4 Å². The number of ether oxygens (including phenoxy) is 2. The number of methoxy groups -OCH3 is 1. The average Bonchev–Trinajstić information content (AvgIpc) is 3.48. The van der Waals surface area contributed by atoms with Crippen LogP contribution in [0.3, 0.4) is 0 Å². The Labute approximate surface area is 215 Å². The summed E-state index contributed by atoms with van der Waals surface area (Å²) in [6.45, 7) is 3.67. The minimum Gasteiger partial charge on any atom is -0.497 e. The van der Waals surface area contributed by atoms with E-state index in [1.54, 1.807) is 63.4 Å². The van der Waals surface area contributed by atoms with Gasteiger partial charge in [-0.25, -0.2) is 14.2 Å². The Hall–Kier alpha value is -4.24. The number of aromatic nitrogens is 1. The average molecular weight is 519 g/mol. The highest BCUT2D eigenvalue weighted by Crippen LogP contribution is 2.31. The number of thiazole rings is 1. The molecule has 2 aromatic carbocycles. The molecule has 1 atom stereocenters. The molecular formula is C28H23FN2O5S. The Morgan fingerprint density at radius 3 is 2.54 bits per heavy atom. The van der Waals surface area contributed by atoms with Crippen LogP contribution in [0.4, 0.5) is 4.39 Å². The summed E-state index contributed by atoms with van der Waals surface area (Å²) in [6.07, 6.45) is 1.64. The first-order valence-electron chi connectivity index (χ1n) is 11.6.